The molecule has 2 N–H and O–H groups in total. The maximum atomic E-state index is 11.3. The van der Waals surface area contributed by atoms with Gasteiger partial charge in [0.2, 0.25) is 5.91 Å². The van der Waals surface area contributed by atoms with Gasteiger partial charge in [-0.15, -0.1) is 0 Å². The first-order chi connectivity index (χ1) is 8.61. The van der Waals surface area contributed by atoms with Crippen molar-refractivity contribution in [3.05, 3.63) is 53.3 Å². The van der Waals surface area contributed by atoms with Crippen LogP contribution >= 0.6 is 0 Å². The maximum Gasteiger partial charge on any atom is 0.248 e. The van der Waals surface area contributed by atoms with Gasteiger partial charge < -0.3 is 5.73 Å². The van der Waals surface area contributed by atoms with Crippen molar-refractivity contribution in [1.29, 1.82) is 0 Å². The first-order valence-electron chi connectivity index (χ1n) is 5.44. The molecule has 1 aromatic carbocycles. The summed E-state index contributed by atoms with van der Waals surface area (Å²) in [4.78, 5) is 25.8. The van der Waals surface area contributed by atoms with Gasteiger partial charge >= 0.3 is 0 Å². The van der Waals surface area contributed by atoms with Gasteiger partial charge in [0.05, 0.1) is 0 Å². The number of hydrogen-bond acceptors (Lipinski definition) is 3. The summed E-state index contributed by atoms with van der Waals surface area (Å²) in [5, 5.41) is 0. The Morgan fingerprint density at radius 1 is 1.22 bits per heavy atom. The minimum absolute atomic E-state index is 0.376. The van der Waals surface area contributed by atoms with Gasteiger partial charge in [0.15, 0.2) is 6.29 Å². The van der Waals surface area contributed by atoms with E-state index in [1.807, 2.05) is 19.1 Å². The number of primary amides is 1. The lowest BCUT2D eigenvalue weighted by Gasteiger charge is -2.06. The molecule has 1 heterocycles. The molecular weight excluding hydrogens is 228 g/mol. The number of aldehydes is 1. The van der Waals surface area contributed by atoms with Crippen LogP contribution in [0.3, 0.4) is 0 Å². The van der Waals surface area contributed by atoms with Gasteiger partial charge in [0.25, 0.3) is 0 Å². The maximum absolute atomic E-state index is 11.3. The zero-order chi connectivity index (χ0) is 13.1. The van der Waals surface area contributed by atoms with Crippen LogP contribution < -0.4 is 5.73 Å². The van der Waals surface area contributed by atoms with E-state index >= 15 is 0 Å². The summed E-state index contributed by atoms with van der Waals surface area (Å²) in [6.07, 6.45) is 2.28. The zero-order valence-corrected chi connectivity index (χ0v) is 9.88. The molecule has 0 aliphatic carbocycles. The van der Waals surface area contributed by atoms with E-state index in [0.29, 0.717) is 17.5 Å². The van der Waals surface area contributed by atoms with Gasteiger partial charge in [-0.25, -0.2) is 0 Å². The highest BCUT2D eigenvalue weighted by Crippen LogP contribution is 2.21. The normalized spacial score (nSPS) is 10.1. The SMILES string of the molecule is Cc1ccc(-c2ccc(C=O)nc2)cc1C(N)=O. The molecule has 1 amide bonds. The van der Waals surface area contributed by atoms with Gasteiger partial charge in [-0.3, -0.25) is 14.6 Å². The minimum atomic E-state index is -0.452. The quantitative estimate of drug-likeness (QED) is 0.833. The van der Waals surface area contributed by atoms with Crippen LogP contribution in [0.15, 0.2) is 36.5 Å². The predicted octanol–water partition coefficient (Wildman–Crippen LogP) is 1.97. The van der Waals surface area contributed by atoms with Crippen molar-refractivity contribution in [2.24, 2.45) is 5.73 Å². The van der Waals surface area contributed by atoms with E-state index in [1.54, 1.807) is 24.4 Å². The van der Waals surface area contributed by atoms with E-state index in [9.17, 15) is 9.59 Å². The molecule has 4 nitrogen and oxygen atoms in total. The smallest absolute Gasteiger partial charge is 0.248 e. The number of amides is 1. The highest BCUT2D eigenvalue weighted by Gasteiger charge is 2.07. The second kappa shape index (κ2) is 4.79. The van der Waals surface area contributed by atoms with Crippen molar-refractivity contribution >= 4 is 12.2 Å². The van der Waals surface area contributed by atoms with Crippen molar-refractivity contribution in [2.45, 2.75) is 6.92 Å². The molecule has 0 aliphatic heterocycles. The average molecular weight is 240 g/mol. The molecule has 0 saturated carbocycles. The van der Waals surface area contributed by atoms with Gasteiger partial charge in [-0.05, 0) is 30.2 Å². The van der Waals surface area contributed by atoms with Crippen LogP contribution in [0.1, 0.15) is 26.4 Å². The minimum Gasteiger partial charge on any atom is -0.366 e. The average Bonchev–Trinajstić information content (AvgIpc) is 2.39. The molecule has 0 spiro atoms. The third kappa shape index (κ3) is 2.27. The molecule has 18 heavy (non-hydrogen) atoms. The molecule has 0 atom stereocenters. The largest absolute Gasteiger partial charge is 0.366 e. The lowest BCUT2D eigenvalue weighted by molar-refractivity contribution is 0.0999. The number of rotatable bonds is 3. The number of carbonyl (C=O) groups excluding carboxylic acids is 2. The molecule has 0 fully saturated rings. The van der Waals surface area contributed by atoms with Gasteiger partial charge in [-0.1, -0.05) is 18.2 Å². The molecule has 0 bridgehead atoms. The number of nitrogens with zero attached hydrogens (tertiary/aromatic N) is 1. The Balaban J connectivity index is 2.47. The van der Waals surface area contributed by atoms with Crippen molar-refractivity contribution in [3.63, 3.8) is 0 Å². The number of aryl methyl sites for hydroxylation is 1. The third-order valence-electron chi connectivity index (χ3n) is 2.74. The van der Waals surface area contributed by atoms with Crippen LogP contribution in [0.25, 0.3) is 11.1 Å². The molecule has 4 heteroatoms. The van der Waals surface area contributed by atoms with Gasteiger partial charge in [-0.2, -0.15) is 0 Å². The van der Waals surface area contributed by atoms with Crippen molar-refractivity contribution in [2.75, 3.05) is 0 Å². The third-order valence-corrected chi connectivity index (χ3v) is 2.74. The molecule has 0 radical (unpaired) electrons. The van der Waals surface area contributed by atoms with Crippen LogP contribution in [0.4, 0.5) is 0 Å². The zero-order valence-electron chi connectivity index (χ0n) is 9.88. The Morgan fingerprint density at radius 2 is 1.94 bits per heavy atom. The molecule has 2 rings (SSSR count). The number of carbonyl (C=O) groups is 2. The number of aromatic nitrogens is 1. The first kappa shape index (κ1) is 12.0. The second-order valence-corrected chi connectivity index (χ2v) is 3.98. The summed E-state index contributed by atoms with van der Waals surface area (Å²) < 4.78 is 0. The summed E-state index contributed by atoms with van der Waals surface area (Å²) in [6.45, 7) is 1.83. The van der Waals surface area contributed by atoms with Gasteiger partial charge in [0.1, 0.15) is 5.69 Å². The second-order valence-electron chi connectivity index (χ2n) is 3.98. The van der Waals surface area contributed by atoms with E-state index in [0.717, 1.165) is 16.7 Å². The van der Waals surface area contributed by atoms with Crippen molar-refractivity contribution < 1.29 is 9.59 Å². The van der Waals surface area contributed by atoms with Crippen LogP contribution in [0.5, 0.6) is 0 Å². The fourth-order valence-corrected chi connectivity index (χ4v) is 1.71. The monoisotopic (exact) mass is 240 g/mol. The van der Waals surface area contributed by atoms with Crippen LogP contribution in [0, 0.1) is 6.92 Å². The molecular formula is C14H12N2O2. The van der Waals surface area contributed by atoms with Crippen LogP contribution in [0.2, 0.25) is 0 Å². The topological polar surface area (TPSA) is 73.1 Å². The number of benzene rings is 1. The van der Waals surface area contributed by atoms with Gasteiger partial charge in [0, 0.05) is 17.3 Å². The summed E-state index contributed by atoms with van der Waals surface area (Å²) in [5.74, 6) is -0.452. The Hall–Kier alpha value is -2.49. The van der Waals surface area contributed by atoms with E-state index in [-0.39, 0.29) is 0 Å². The lowest BCUT2D eigenvalue weighted by atomic mass is 10.0. The number of nitrogens with two attached hydrogens (primary N) is 1. The summed E-state index contributed by atoms with van der Waals surface area (Å²) in [7, 11) is 0. The Morgan fingerprint density at radius 3 is 2.50 bits per heavy atom. The number of hydrogen-bond donors (Lipinski definition) is 1. The fraction of sp³-hybridized carbons (Fsp3) is 0.0714. The van der Waals surface area contributed by atoms with Crippen LogP contribution in [-0.2, 0) is 0 Å². The van der Waals surface area contributed by atoms with E-state index in [2.05, 4.69) is 4.98 Å². The molecule has 0 saturated heterocycles. The molecule has 1 aromatic heterocycles. The first-order valence-corrected chi connectivity index (χ1v) is 5.44. The van der Waals surface area contributed by atoms with E-state index < -0.39 is 5.91 Å². The van der Waals surface area contributed by atoms with E-state index in [1.165, 1.54) is 0 Å². The molecule has 90 valence electrons. The Kier molecular flexibility index (Phi) is 3.19. The summed E-state index contributed by atoms with van der Waals surface area (Å²) >= 11 is 0. The Labute approximate surface area is 104 Å². The standard InChI is InChI=1S/C14H12N2O2/c1-9-2-3-10(6-13(9)14(15)18)11-4-5-12(8-17)16-7-11/h2-8H,1H3,(H2,15,18). The highest BCUT2D eigenvalue weighted by atomic mass is 16.1. The Bertz CT molecular complexity index is 604. The van der Waals surface area contributed by atoms with Crippen LogP contribution in [-0.4, -0.2) is 17.2 Å². The molecule has 2 aromatic rings. The number of pyridine rings is 1. The summed E-state index contributed by atoms with van der Waals surface area (Å²) in [5.41, 5.74) is 8.69. The fourth-order valence-electron chi connectivity index (χ4n) is 1.71. The molecule has 0 unspecified atom stereocenters. The van der Waals surface area contributed by atoms with Crippen molar-refractivity contribution in [1.82, 2.24) is 4.98 Å². The predicted molar refractivity (Wildman–Crippen MR) is 68.3 cm³/mol. The van der Waals surface area contributed by atoms with Crippen molar-refractivity contribution in [3.8, 4) is 11.1 Å². The lowest BCUT2D eigenvalue weighted by Crippen LogP contribution is -2.12. The summed E-state index contributed by atoms with van der Waals surface area (Å²) in [6, 6.07) is 8.87. The van der Waals surface area contributed by atoms with E-state index in [4.69, 9.17) is 5.73 Å². The molecule has 0 aliphatic rings. The highest BCUT2D eigenvalue weighted by molar-refractivity contribution is 5.95.